The van der Waals surface area contributed by atoms with E-state index in [4.69, 9.17) is 4.42 Å². The Bertz CT molecular complexity index is 548. The van der Waals surface area contributed by atoms with Gasteiger partial charge in [-0.2, -0.15) is 0 Å². The highest BCUT2D eigenvalue weighted by Gasteiger charge is 2.21. The van der Waals surface area contributed by atoms with Gasteiger partial charge in [0.15, 0.2) is 0 Å². The van der Waals surface area contributed by atoms with Crippen molar-refractivity contribution in [3.63, 3.8) is 0 Å². The average Bonchev–Trinajstić information content (AvgIpc) is 3.25. The first kappa shape index (κ1) is 14.3. The van der Waals surface area contributed by atoms with E-state index in [0.29, 0.717) is 0 Å². The number of furan rings is 1. The Morgan fingerprint density at radius 1 is 1.29 bits per heavy atom. The number of nitrogens with zero attached hydrogens (tertiary/aromatic N) is 2. The van der Waals surface area contributed by atoms with Crippen molar-refractivity contribution in [1.82, 2.24) is 15.2 Å². The largest absolute Gasteiger partial charge is 0.468 e. The second-order valence-corrected chi connectivity index (χ2v) is 5.65. The fourth-order valence-electron chi connectivity index (χ4n) is 2.41. The molecule has 0 saturated heterocycles. The minimum atomic E-state index is 0.726. The summed E-state index contributed by atoms with van der Waals surface area (Å²) in [6.45, 7) is 5.76. The lowest BCUT2D eigenvalue weighted by atomic mass is 10.2. The van der Waals surface area contributed by atoms with E-state index >= 15 is 0 Å². The van der Waals surface area contributed by atoms with E-state index in [1.807, 2.05) is 18.3 Å². The van der Waals surface area contributed by atoms with Gasteiger partial charge >= 0.3 is 0 Å². The molecule has 4 nitrogen and oxygen atoms in total. The van der Waals surface area contributed by atoms with Crippen molar-refractivity contribution < 1.29 is 4.42 Å². The van der Waals surface area contributed by atoms with Gasteiger partial charge in [-0.25, -0.2) is 0 Å². The fraction of sp³-hybridized carbons (Fsp3) is 0.471. The quantitative estimate of drug-likeness (QED) is 0.809. The van der Waals surface area contributed by atoms with Gasteiger partial charge in [-0.1, -0.05) is 13.0 Å². The average molecular weight is 285 g/mol. The minimum absolute atomic E-state index is 0.726. The minimum Gasteiger partial charge on any atom is -0.468 e. The lowest BCUT2D eigenvalue weighted by Crippen LogP contribution is -2.24. The van der Waals surface area contributed by atoms with Gasteiger partial charge in [0.05, 0.1) is 18.5 Å². The molecule has 21 heavy (non-hydrogen) atoms. The molecule has 2 aromatic rings. The number of hydrogen-bond donors (Lipinski definition) is 1. The Kier molecular flexibility index (Phi) is 4.68. The van der Waals surface area contributed by atoms with Crippen LogP contribution in [0.1, 0.15) is 36.8 Å². The van der Waals surface area contributed by atoms with E-state index < -0.39 is 0 Å². The van der Waals surface area contributed by atoms with Crippen molar-refractivity contribution in [3.05, 3.63) is 53.7 Å². The zero-order chi connectivity index (χ0) is 14.5. The molecular formula is C17H23N3O. The Morgan fingerprint density at radius 2 is 2.19 bits per heavy atom. The molecule has 1 aliphatic rings. The van der Waals surface area contributed by atoms with Gasteiger partial charge in [-0.05, 0) is 37.6 Å². The van der Waals surface area contributed by atoms with Gasteiger partial charge in [0.2, 0.25) is 0 Å². The molecule has 112 valence electrons. The highest BCUT2D eigenvalue weighted by molar-refractivity contribution is 5.17. The van der Waals surface area contributed by atoms with Crippen LogP contribution in [-0.2, 0) is 19.6 Å². The van der Waals surface area contributed by atoms with Gasteiger partial charge in [0.1, 0.15) is 5.76 Å². The van der Waals surface area contributed by atoms with E-state index in [2.05, 4.69) is 34.3 Å². The summed E-state index contributed by atoms with van der Waals surface area (Å²) >= 11 is 0. The van der Waals surface area contributed by atoms with E-state index in [0.717, 1.165) is 43.7 Å². The zero-order valence-corrected chi connectivity index (χ0v) is 12.6. The van der Waals surface area contributed by atoms with Gasteiger partial charge in [0.25, 0.3) is 0 Å². The molecule has 0 radical (unpaired) electrons. The van der Waals surface area contributed by atoms with Crippen LogP contribution < -0.4 is 5.32 Å². The Labute approximate surface area is 126 Å². The first-order valence-corrected chi connectivity index (χ1v) is 7.76. The third-order valence-corrected chi connectivity index (χ3v) is 3.92. The number of hydrogen-bond acceptors (Lipinski definition) is 4. The topological polar surface area (TPSA) is 41.3 Å². The van der Waals surface area contributed by atoms with Crippen LogP contribution in [0.5, 0.6) is 0 Å². The number of nitrogens with one attached hydrogen (secondary N) is 1. The smallest absolute Gasteiger partial charge is 0.122 e. The van der Waals surface area contributed by atoms with Crippen molar-refractivity contribution in [2.45, 2.75) is 45.4 Å². The van der Waals surface area contributed by atoms with Crippen LogP contribution in [0, 0.1) is 0 Å². The molecule has 1 saturated carbocycles. The molecule has 2 aromatic heterocycles. The number of pyridine rings is 1. The third kappa shape index (κ3) is 4.16. The summed E-state index contributed by atoms with van der Waals surface area (Å²) in [5, 5.41) is 3.55. The van der Waals surface area contributed by atoms with E-state index in [1.165, 1.54) is 18.4 Å². The Hall–Kier alpha value is -1.65. The normalized spacial score (nSPS) is 14.8. The monoisotopic (exact) mass is 285 g/mol. The summed E-state index contributed by atoms with van der Waals surface area (Å²) in [5.74, 6) is 1.07. The molecule has 0 aromatic carbocycles. The van der Waals surface area contributed by atoms with Crippen molar-refractivity contribution in [1.29, 1.82) is 0 Å². The van der Waals surface area contributed by atoms with E-state index in [9.17, 15) is 0 Å². The van der Waals surface area contributed by atoms with Crippen LogP contribution in [0.3, 0.4) is 0 Å². The molecule has 1 N–H and O–H groups in total. The molecule has 0 bridgehead atoms. The van der Waals surface area contributed by atoms with Crippen molar-refractivity contribution in [2.24, 2.45) is 0 Å². The molecule has 3 rings (SSSR count). The molecule has 0 atom stereocenters. The summed E-state index contributed by atoms with van der Waals surface area (Å²) in [6, 6.07) is 8.87. The Balaban J connectivity index is 1.59. The van der Waals surface area contributed by atoms with Crippen LogP contribution in [-0.4, -0.2) is 22.5 Å². The standard InChI is InChI=1S/C17H23N3O/c1-2-20(12-16-5-3-4-9-18-16)13-17-14(8-10-21-17)11-19-15-6-7-15/h3-5,8-10,15,19H,2,6-7,11-13H2,1H3. The van der Waals surface area contributed by atoms with Gasteiger partial charge in [-0.15, -0.1) is 0 Å². The summed E-state index contributed by atoms with van der Waals surface area (Å²) < 4.78 is 5.69. The molecule has 1 aliphatic carbocycles. The highest BCUT2D eigenvalue weighted by Crippen LogP contribution is 2.21. The molecule has 0 spiro atoms. The lowest BCUT2D eigenvalue weighted by molar-refractivity contribution is 0.243. The van der Waals surface area contributed by atoms with Crippen LogP contribution >= 0.6 is 0 Å². The van der Waals surface area contributed by atoms with E-state index in [-0.39, 0.29) is 0 Å². The van der Waals surface area contributed by atoms with Crippen molar-refractivity contribution >= 4 is 0 Å². The first-order valence-electron chi connectivity index (χ1n) is 7.76. The van der Waals surface area contributed by atoms with Crippen LogP contribution in [0.15, 0.2) is 41.1 Å². The fourth-order valence-corrected chi connectivity index (χ4v) is 2.41. The summed E-state index contributed by atoms with van der Waals surface area (Å²) in [7, 11) is 0. The second-order valence-electron chi connectivity index (χ2n) is 5.65. The predicted molar refractivity (Wildman–Crippen MR) is 82.6 cm³/mol. The molecule has 0 amide bonds. The van der Waals surface area contributed by atoms with Gasteiger partial charge < -0.3 is 9.73 Å². The van der Waals surface area contributed by atoms with Gasteiger partial charge in [-0.3, -0.25) is 9.88 Å². The second kappa shape index (κ2) is 6.87. The zero-order valence-electron chi connectivity index (χ0n) is 12.6. The van der Waals surface area contributed by atoms with E-state index in [1.54, 1.807) is 6.26 Å². The number of aromatic nitrogens is 1. The lowest BCUT2D eigenvalue weighted by Gasteiger charge is -2.19. The molecule has 4 heteroatoms. The number of rotatable bonds is 8. The van der Waals surface area contributed by atoms with Crippen LogP contribution in [0.25, 0.3) is 0 Å². The molecule has 2 heterocycles. The van der Waals surface area contributed by atoms with Gasteiger partial charge in [0, 0.05) is 30.9 Å². The summed E-state index contributed by atoms with van der Waals surface area (Å²) in [6.07, 6.45) is 6.27. The molecule has 0 unspecified atom stereocenters. The maximum absolute atomic E-state index is 5.69. The van der Waals surface area contributed by atoms with Crippen LogP contribution in [0.2, 0.25) is 0 Å². The highest BCUT2D eigenvalue weighted by atomic mass is 16.3. The molecule has 1 fully saturated rings. The summed E-state index contributed by atoms with van der Waals surface area (Å²) in [5.41, 5.74) is 2.38. The maximum Gasteiger partial charge on any atom is 0.122 e. The summed E-state index contributed by atoms with van der Waals surface area (Å²) in [4.78, 5) is 6.75. The maximum atomic E-state index is 5.69. The third-order valence-electron chi connectivity index (χ3n) is 3.92. The first-order chi connectivity index (χ1) is 10.3. The van der Waals surface area contributed by atoms with Crippen LogP contribution in [0.4, 0.5) is 0 Å². The van der Waals surface area contributed by atoms with Crippen molar-refractivity contribution in [2.75, 3.05) is 6.54 Å². The van der Waals surface area contributed by atoms with Crippen molar-refractivity contribution in [3.8, 4) is 0 Å². The SMILES string of the molecule is CCN(Cc1ccccn1)Cc1occc1CNC1CC1. The predicted octanol–water partition coefficient (Wildman–Crippen LogP) is 2.95. The Morgan fingerprint density at radius 3 is 2.90 bits per heavy atom. The molecular weight excluding hydrogens is 262 g/mol. The molecule has 0 aliphatic heterocycles.